The van der Waals surface area contributed by atoms with Crippen LogP contribution in [0.15, 0.2) is 28.3 Å². The Morgan fingerprint density at radius 3 is 3.00 bits per heavy atom. The number of aromatic nitrogens is 3. The van der Waals surface area contributed by atoms with E-state index in [4.69, 9.17) is 9.47 Å². The highest BCUT2D eigenvalue weighted by atomic mass is 32.2. The molecule has 2 aliphatic heterocycles. The molecular formula is C13H13N5O2S. The highest BCUT2D eigenvalue weighted by molar-refractivity contribution is 7.99. The van der Waals surface area contributed by atoms with E-state index in [2.05, 4.69) is 20.6 Å². The molecule has 7 nitrogen and oxygen atoms in total. The molecule has 0 radical (unpaired) electrons. The summed E-state index contributed by atoms with van der Waals surface area (Å²) in [4.78, 5) is 4.62. The van der Waals surface area contributed by atoms with E-state index < -0.39 is 0 Å². The number of nitrogens with zero attached hydrogens (tertiary/aromatic N) is 4. The second kappa shape index (κ2) is 4.96. The highest BCUT2D eigenvalue weighted by Crippen LogP contribution is 2.34. The van der Waals surface area contributed by atoms with Crippen molar-refractivity contribution in [1.29, 1.82) is 0 Å². The van der Waals surface area contributed by atoms with Crippen LogP contribution < -0.4 is 14.9 Å². The fraction of sp³-hybridized carbons (Fsp3) is 0.308. The lowest BCUT2D eigenvalue weighted by molar-refractivity contribution is 0.171. The molecule has 1 aromatic carbocycles. The zero-order valence-electron chi connectivity index (χ0n) is 11.4. The Bertz CT molecular complexity index is 727. The molecule has 0 saturated carbocycles. The Hall–Kier alpha value is -2.22. The van der Waals surface area contributed by atoms with Gasteiger partial charge in [0.15, 0.2) is 11.5 Å². The van der Waals surface area contributed by atoms with Gasteiger partial charge >= 0.3 is 0 Å². The highest BCUT2D eigenvalue weighted by Gasteiger charge is 2.18. The Balaban J connectivity index is 1.62. The summed E-state index contributed by atoms with van der Waals surface area (Å²) in [5, 5.41) is 8.97. The molecule has 0 atom stereocenters. The SMILES string of the molecule is Cc1nnc2n1NC(=Nc1ccc3c(c1)OCCO3)CS2. The molecule has 4 rings (SSSR count). The Morgan fingerprint density at radius 1 is 1.24 bits per heavy atom. The van der Waals surface area contributed by atoms with Gasteiger partial charge in [-0.15, -0.1) is 10.2 Å². The fourth-order valence-corrected chi connectivity index (χ4v) is 2.97. The lowest BCUT2D eigenvalue weighted by Gasteiger charge is -2.19. The van der Waals surface area contributed by atoms with E-state index in [9.17, 15) is 0 Å². The summed E-state index contributed by atoms with van der Waals surface area (Å²) in [7, 11) is 0. The molecule has 0 fully saturated rings. The fourth-order valence-electron chi connectivity index (χ4n) is 2.17. The van der Waals surface area contributed by atoms with Gasteiger partial charge in [0, 0.05) is 6.07 Å². The third kappa shape index (κ3) is 2.31. The molecule has 2 aromatic rings. The second-order valence-electron chi connectivity index (χ2n) is 4.65. The van der Waals surface area contributed by atoms with Crippen LogP contribution >= 0.6 is 11.8 Å². The number of nitrogens with one attached hydrogen (secondary N) is 1. The van der Waals surface area contributed by atoms with Crippen LogP contribution in [0.1, 0.15) is 5.82 Å². The predicted octanol–water partition coefficient (Wildman–Crippen LogP) is 1.74. The lowest BCUT2D eigenvalue weighted by Crippen LogP contribution is -2.30. The number of amidine groups is 1. The molecule has 1 N–H and O–H groups in total. The monoisotopic (exact) mass is 303 g/mol. The number of hydrogen-bond acceptors (Lipinski definition) is 6. The minimum Gasteiger partial charge on any atom is -0.486 e. The van der Waals surface area contributed by atoms with E-state index in [0.29, 0.717) is 13.2 Å². The minimum atomic E-state index is 0.574. The third-order valence-corrected chi connectivity index (χ3v) is 4.10. The molecule has 3 heterocycles. The number of hydrogen-bond donors (Lipinski definition) is 1. The van der Waals surface area contributed by atoms with Crippen molar-refractivity contribution in [2.75, 3.05) is 24.4 Å². The van der Waals surface area contributed by atoms with Crippen LogP contribution in [0.3, 0.4) is 0 Å². The van der Waals surface area contributed by atoms with Crippen LogP contribution in [0, 0.1) is 6.92 Å². The zero-order valence-corrected chi connectivity index (χ0v) is 12.2. The molecule has 2 aliphatic rings. The van der Waals surface area contributed by atoms with E-state index in [1.807, 2.05) is 29.8 Å². The van der Waals surface area contributed by atoms with Gasteiger partial charge in [-0.05, 0) is 19.1 Å². The van der Waals surface area contributed by atoms with Gasteiger partial charge in [0.1, 0.15) is 24.9 Å². The third-order valence-electron chi connectivity index (χ3n) is 3.16. The summed E-state index contributed by atoms with van der Waals surface area (Å²) in [6.45, 7) is 3.07. The zero-order chi connectivity index (χ0) is 14.2. The van der Waals surface area contributed by atoms with E-state index >= 15 is 0 Å². The van der Waals surface area contributed by atoms with E-state index in [1.54, 1.807) is 11.8 Å². The number of fused-ring (bicyclic) bond motifs is 2. The molecule has 0 spiro atoms. The standard InChI is InChI=1S/C13H13N5O2S/c1-8-15-16-13-18(8)17-12(7-21-13)14-9-2-3-10-11(6-9)20-5-4-19-10/h2-3,6H,4-5,7H2,1H3,(H,14,17). The summed E-state index contributed by atoms with van der Waals surface area (Å²) in [5.74, 6) is 3.91. The Labute approximate surface area is 125 Å². The van der Waals surface area contributed by atoms with Crippen molar-refractivity contribution in [1.82, 2.24) is 14.9 Å². The lowest BCUT2D eigenvalue weighted by atomic mass is 10.2. The van der Waals surface area contributed by atoms with Gasteiger partial charge in [0.25, 0.3) is 0 Å². The van der Waals surface area contributed by atoms with E-state index in [0.717, 1.165) is 39.8 Å². The minimum absolute atomic E-state index is 0.574. The van der Waals surface area contributed by atoms with Crippen LogP contribution in [0.4, 0.5) is 5.69 Å². The summed E-state index contributed by atoms with van der Waals surface area (Å²) >= 11 is 1.61. The van der Waals surface area contributed by atoms with Crippen molar-refractivity contribution in [2.24, 2.45) is 4.99 Å². The largest absolute Gasteiger partial charge is 0.486 e. The molecule has 108 valence electrons. The van der Waals surface area contributed by atoms with Gasteiger partial charge in [0.05, 0.1) is 11.4 Å². The molecule has 1 aromatic heterocycles. The van der Waals surface area contributed by atoms with Gasteiger partial charge in [-0.3, -0.25) is 5.43 Å². The van der Waals surface area contributed by atoms with Crippen LogP contribution in [0.5, 0.6) is 11.5 Å². The summed E-state index contributed by atoms with van der Waals surface area (Å²) in [6.07, 6.45) is 0. The first kappa shape index (κ1) is 12.5. The first-order valence-electron chi connectivity index (χ1n) is 6.59. The Kier molecular flexibility index (Phi) is 2.95. The number of aliphatic imine (C=N–C) groups is 1. The predicted molar refractivity (Wildman–Crippen MR) is 79.4 cm³/mol. The second-order valence-corrected chi connectivity index (χ2v) is 5.59. The topological polar surface area (TPSA) is 73.6 Å². The van der Waals surface area contributed by atoms with Crippen molar-refractivity contribution < 1.29 is 9.47 Å². The molecule has 21 heavy (non-hydrogen) atoms. The summed E-state index contributed by atoms with van der Waals surface area (Å²) in [6, 6.07) is 5.70. The van der Waals surface area contributed by atoms with Crippen molar-refractivity contribution in [3.63, 3.8) is 0 Å². The van der Waals surface area contributed by atoms with E-state index in [1.165, 1.54) is 0 Å². The van der Waals surface area contributed by atoms with Crippen LogP contribution in [0.25, 0.3) is 0 Å². The van der Waals surface area contributed by atoms with Crippen molar-refractivity contribution >= 4 is 23.3 Å². The van der Waals surface area contributed by atoms with Crippen molar-refractivity contribution in [2.45, 2.75) is 12.1 Å². The first-order valence-corrected chi connectivity index (χ1v) is 7.57. The molecule has 0 bridgehead atoms. The van der Waals surface area contributed by atoms with Crippen LogP contribution in [-0.4, -0.2) is 39.7 Å². The maximum atomic E-state index is 5.57. The molecule has 0 saturated heterocycles. The molecule has 8 heteroatoms. The molecule has 0 aliphatic carbocycles. The van der Waals surface area contributed by atoms with Crippen molar-refractivity contribution in [3.8, 4) is 11.5 Å². The van der Waals surface area contributed by atoms with Gasteiger partial charge < -0.3 is 9.47 Å². The molecule has 0 unspecified atom stereocenters. The number of rotatable bonds is 1. The smallest absolute Gasteiger partial charge is 0.210 e. The van der Waals surface area contributed by atoms with Gasteiger partial charge in [-0.25, -0.2) is 9.67 Å². The average Bonchev–Trinajstić information content (AvgIpc) is 2.88. The number of aryl methyl sites for hydroxylation is 1. The maximum absolute atomic E-state index is 5.57. The molecule has 0 amide bonds. The normalized spacial score (nSPS) is 18.2. The number of thioether (sulfide) groups is 1. The van der Waals surface area contributed by atoms with E-state index in [-0.39, 0.29) is 0 Å². The summed E-state index contributed by atoms with van der Waals surface area (Å²) in [5.41, 5.74) is 4.05. The number of benzene rings is 1. The summed E-state index contributed by atoms with van der Waals surface area (Å²) < 4.78 is 12.9. The quantitative estimate of drug-likeness (QED) is 0.865. The van der Waals surface area contributed by atoms with Gasteiger partial charge in [-0.1, -0.05) is 11.8 Å². The Morgan fingerprint density at radius 2 is 2.10 bits per heavy atom. The number of ether oxygens (including phenoxy) is 2. The van der Waals surface area contributed by atoms with Crippen LogP contribution in [-0.2, 0) is 0 Å². The van der Waals surface area contributed by atoms with Gasteiger partial charge in [0.2, 0.25) is 5.16 Å². The average molecular weight is 303 g/mol. The molecular weight excluding hydrogens is 290 g/mol. The maximum Gasteiger partial charge on any atom is 0.210 e. The van der Waals surface area contributed by atoms with Gasteiger partial charge in [-0.2, -0.15) is 0 Å². The first-order chi connectivity index (χ1) is 10.3. The van der Waals surface area contributed by atoms with Crippen LogP contribution in [0.2, 0.25) is 0 Å². The van der Waals surface area contributed by atoms with Crippen molar-refractivity contribution in [3.05, 3.63) is 24.0 Å².